The van der Waals surface area contributed by atoms with Crippen LogP contribution in [0.25, 0.3) is 0 Å². The van der Waals surface area contributed by atoms with Crippen molar-refractivity contribution in [1.29, 1.82) is 0 Å². The predicted molar refractivity (Wildman–Crippen MR) is 195 cm³/mol. The second-order valence-corrected chi connectivity index (χ2v) is 15.3. The lowest BCUT2D eigenvalue weighted by Crippen LogP contribution is -2.43. The Balaban J connectivity index is 1.82. The maximum Gasteiger partial charge on any atom is 0.414 e. The number of hydrogen-bond acceptors (Lipinski definition) is 12. The van der Waals surface area contributed by atoms with Gasteiger partial charge in [0.05, 0.1) is 39.1 Å². The SMILES string of the molecule is COCCCOc1cc(C[C@@H](C[C@H]2[C@H](C[C@H](C(=O)CCC(C)(C)C(N)=O)C(C)C)OCN2C(=O)OCOC(=O)C2COCOC2)C(C)C)ccc1OC. The minimum atomic E-state index is -0.814. The molecule has 2 amide bonds. The fraction of sp³-hybridized carbons (Fsp3) is 0.744. The van der Waals surface area contributed by atoms with Crippen LogP contribution in [0.15, 0.2) is 18.2 Å². The zero-order chi connectivity index (χ0) is 39.1. The molecule has 2 fully saturated rings. The van der Waals surface area contributed by atoms with Gasteiger partial charge in [0.2, 0.25) is 12.7 Å². The Hall–Kier alpha value is -3.46. The molecule has 0 aliphatic carbocycles. The van der Waals surface area contributed by atoms with E-state index in [1.165, 1.54) is 4.90 Å². The van der Waals surface area contributed by atoms with E-state index in [1.807, 2.05) is 32.0 Å². The summed E-state index contributed by atoms with van der Waals surface area (Å²) in [5.41, 5.74) is 5.81. The fourth-order valence-electron chi connectivity index (χ4n) is 6.56. The molecular weight excluding hydrogens is 688 g/mol. The number of rotatable bonds is 22. The molecule has 0 aromatic heterocycles. The van der Waals surface area contributed by atoms with Gasteiger partial charge >= 0.3 is 12.1 Å². The largest absolute Gasteiger partial charge is 0.493 e. The number of benzene rings is 1. The van der Waals surface area contributed by atoms with Crippen molar-refractivity contribution in [3.8, 4) is 11.5 Å². The Morgan fingerprint density at radius 3 is 2.30 bits per heavy atom. The number of carbonyl (C=O) groups excluding carboxylic acids is 4. The Morgan fingerprint density at radius 2 is 1.68 bits per heavy atom. The van der Waals surface area contributed by atoms with E-state index in [4.69, 9.17) is 43.6 Å². The van der Waals surface area contributed by atoms with Crippen LogP contribution in [0, 0.1) is 35.0 Å². The van der Waals surface area contributed by atoms with Crippen molar-refractivity contribution in [1.82, 2.24) is 4.90 Å². The topological polar surface area (TPSA) is 171 Å². The molecule has 14 heteroatoms. The first kappa shape index (κ1) is 43.9. The van der Waals surface area contributed by atoms with Crippen molar-refractivity contribution < 1.29 is 57.1 Å². The van der Waals surface area contributed by atoms with Gasteiger partial charge in [-0.1, -0.05) is 47.6 Å². The molecule has 4 atom stereocenters. The van der Waals surface area contributed by atoms with Crippen molar-refractivity contribution in [2.45, 2.75) is 92.2 Å². The molecule has 3 rings (SSSR count). The minimum Gasteiger partial charge on any atom is -0.493 e. The zero-order valence-corrected chi connectivity index (χ0v) is 32.9. The van der Waals surface area contributed by atoms with E-state index in [0.717, 1.165) is 12.0 Å². The molecule has 0 spiro atoms. The number of amides is 2. The summed E-state index contributed by atoms with van der Waals surface area (Å²) in [6.07, 6.45) is 1.73. The average Bonchev–Trinajstić information content (AvgIpc) is 3.53. The molecule has 1 aromatic carbocycles. The second-order valence-electron chi connectivity index (χ2n) is 15.3. The van der Waals surface area contributed by atoms with Crippen molar-refractivity contribution in [2.75, 3.05) is 61.0 Å². The molecule has 14 nitrogen and oxygen atoms in total. The third-order valence-electron chi connectivity index (χ3n) is 10.3. The molecule has 0 saturated carbocycles. The number of carbonyl (C=O) groups is 4. The standard InChI is InChI=1S/C39H62N2O12/c1-25(2)28(16-27-10-11-33(47-8)35(17-27)50-15-9-14-46-7)18-31-34(19-30(26(3)4)32(42)12-13-39(5,6)37(40)44)51-22-41(31)38(45)53-24-52-36(43)29-20-48-23-49-21-29/h10-11,17,25-26,28-31,34H,9,12-16,18-24H2,1-8H3,(H2,40,44)/t28-,30-,31-,34-/m0/s1. The highest BCUT2D eigenvalue weighted by molar-refractivity contribution is 5.84. The molecule has 2 aliphatic rings. The van der Waals surface area contributed by atoms with Gasteiger partial charge in [0.15, 0.2) is 11.5 Å². The summed E-state index contributed by atoms with van der Waals surface area (Å²) in [7, 11) is 3.26. The van der Waals surface area contributed by atoms with Crippen LogP contribution in [0.2, 0.25) is 0 Å². The number of ketones is 1. The molecule has 2 heterocycles. The Bertz CT molecular complexity index is 1330. The lowest BCUT2D eigenvalue weighted by atomic mass is 9.78. The number of ether oxygens (including phenoxy) is 8. The van der Waals surface area contributed by atoms with Gasteiger partial charge in [0.25, 0.3) is 0 Å². The number of nitrogens with two attached hydrogens (primary N) is 1. The Kier molecular flexibility index (Phi) is 17.8. The zero-order valence-electron chi connectivity index (χ0n) is 32.9. The molecule has 2 saturated heterocycles. The first-order valence-electron chi connectivity index (χ1n) is 18.7. The average molecular weight is 751 g/mol. The summed E-state index contributed by atoms with van der Waals surface area (Å²) in [4.78, 5) is 53.2. The van der Waals surface area contributed by atoms with Crippen LogP contribution >= 0.6 is 0 Å². The van der Waals surface area contributed by atoms with Gasteiger partial charge in [-0.15, -0.1) is 0 Å². The lowest BCUT2D eigenvalue weighted by molar-refractivity contribution is -0.178. The van der Waals surface area contributed by atoms with Crippen LogP contribution in [-0.2, 0) is 49.2 Å². The monoisotopic (exact) mass is 750 g/mol. The molecular formula is C39H62N2O12. The molecule has 1 aromatic rings. The van der Waals surface area contributed by atoms with E-state index in [1.54, 1.807) is 28.1 Å². The van der Waals surface area contributed by atoms with Gasteiger partial charge in [0.1, 0.15) is 25.2 Å². The molecule has 2 aliphatic heterocycles. The summed E-state index contributed by atoms with van der Waals surface area (Å²) < 4.78 is 44.1. The van der Waals surface area contributed by atoms with E-state index in [2.05, 4.69) is 13.8 Å². The van der Waals surface area contributed by atoms with E-state index in [9.17, 15) is 19.2 Å². The number of esters is 1. The van der Waals surface area contributed by atoms with Crippen LogP contribution in [-0.4, -0.2) is 102 Å². The number of methoxy groups -OCH3 is 2. The maximum atomic E-state index is 13.7. The van der Waals surface area contributed by atoms with Crippen LogP contribution in [0.4, 0.5) is 4.79 Å². The van der Waals surface area contributed by atoms with Crippen molar-refractivity contribution >= 4 is 23.8 Å². The quantitative estimate of drug-likeness (QED) is 0.0944. The summed E-state index contributed by atoms with van der Waals surface area (Å²) in [6.45, 7) is 12.6. The van der Waals surface area contributed by atoms with Gasteiger partial charge in [-0.3, -0.25) is 19.3 Å². The summed E-state index contributed by atoms with van der Waals surface area (Å²) in [6, 6.07) is 5.47. The molecule has 300 valence electrons. The summed E-state index contributed by atoms with van der Waals surface area (Å²) >= 11 is 0. The summed E-state index contributed by atoms with van der Waals surface area (Å²) in [5.74, 6) is -0.417. The minimum absolute atomic E-state index is 0.0147. The lowest BCUT2D eigenvalue weighted by Gasteiger charge is -2.33. The Morgan fingerprint density at radius 1 is 0.962 bits per heavy atom. The number of nitrogens with zero attached hydrogens (tertiary/aromatic N) is 1. The van der Waals surface area contributed by atoms with Crippen molar-refractivity contribution in [2.24, 2.45) is 40.7 Å². The van der Waals surface area contributed by atoms with Gasteiger partial charge in [-0.2, -0.15) is 0 Å². The van der Waals surface area contributed by atoms with Gasteiger partial charge < -0.3 is 43.6 Å². The van der Waals surface area contributed by atoms with Crippen LogP contribution in [0.1, 0.15) is 79.2 Å². The van der Waals surface area contributed by atoms with Crippen molar-refractivity contribution in [3.63, 3.8) is 0 Å². The van der Waals surface area contributed by atoms with Crippen LogP contribution in [0.5, 0.6) is 11.5 Å². The maximum absolute atomic E-state index is 13.7. The highest BCUT2D eigenvalue weighted by Crippen LogP contribution is 2.36. The van der Waals surface area contributed by atoms with Gasteiger partial charge in [-0.25, -0.2) is 4.79 Å². The summed E-state index contributed by atoms with van der Waals surface area (Å²) in [5, 5.41) is 0. The smallest absolute Gasteiger partial charge is 0.414 e. The van der Waals surface area contributed by atoms with E-state index >= 15 is 0 Å². The fourth-order valence-corrected chi connectivity index (χ4v) is 6.56. The molecule has 2 N–H and O–H groups in total. The van der Waals surface area contributed by atoms with E-state index < -0.39 is 48.2 Å². The second kappa shape index (κ2) is 21.4. The van der Waals surface area contributed by atoms with Crippen LogP contribution in [0.3, 0.4) is 0 Å². The highest BCUT2D eigenvalue weighted by Gasteiger charge is 2.43. The van der Waals surface area contributed by atoms with Crippen LogP contribution < -0.4 is 15.2 Å². The molecule has 0 bridgehead atoms. The van der Waals surface area contributed by atoms with E-state index in [0.29, 0.717) is 50.4 Å². The molecule has 0 radical (unpaired) electrons. The third kappa shape index (κ3) is 13.4. The first-order chi connectivity index (χ1) is 25.2. The highest BCUT2D eigenvalue weighted by atomic mass is 16.7. The Labute approximate surface area is 314 Å². The normalized spacial score (nSPS) is 19.2. The first-order valence-corrected chi connectivity index (χ1v) is 18.7. The van der Waals surface area contributed by atoms with Gasteiger partial charge in [-0.05, 0) is 61.1 Å². The predicted octanol–water partition coefficient (Wildman–Crippen LogP) is 5.12. The number of hydrogen-bond donors (Lipinski definition) is 1. The van der Waals surface area contributed by atoms with Gasteiger partial charge in [0, 0.05) is 37.9 Å². The molecule has 0 unspecified atom stereocenters. The molecule has 53 heavy (non-hydrogen) atoms. The van der Waals surface area contributed by atoms with Crippen molar-refractivity contribution in [3.05, 3.63) is 23.8 Å². The third-order valence-corrected chi connectivity index (χ3v) is 10.3. The van der Waals surface area contributed by atoms with E-state index in [-0.39, 0.29) is 62.6 Å². The number of Topliss-reactive ketones (excluding diaryl/α,β-unsaturated/α-hetero) is 1. The number of primary amides is 1.